The molecule has 0 saturated carbocycles. The molecule has 1 aliphatic rings. The molecule has 98 valence electrons. The Balaban J connectivity index is 1.87. The molecule has 2 rings (SSSR count). The molecule has 0 aliphatic carbocycles. The Kier molecular flexibility index (Phi) is 4.62. The monoisotopic (exact) mass is 247 g/mol. The van der Waals surface area contributed by atoms with Crippen LogP contribution in [0.4, 0.5) is 0 Å². The molecule has 0 spiro atoms. The Morgan fingerprint density at radius 1 is 1.28 bits per heavy atom. The third-order valence-electron chi connectivity index (χ3n) is 3.59. The van der Waals surface area contributed by atoms with Gasteiger partial charge in [-0.25, -0.2) is 0 Å². The van der Waals surface area contributed by atoms with Crippen LogP contribution in [0.1, 0.15) is 31.2 Å². The second-order valence-electron chi connectivity index (χ2n) is 4.87. The van der Waals surface area contributed by atoms with Crippen molar-refractivity contribution in [2.24, 2.45) is 5.92 Å². The van der Waals surface area contributed by atoms with Gasteiger partial charge in [0.05, 0.1) is 7.11 Å². The van der Waals surface area contributed by atoms with Gasteiger partial charge in [-0.2, -0.15) is 0 Å². The number of benzene rings is 1. The van der Waals surface area contributed by atoms with Gasteiger partial charge >= 0.3 is 0 Å². The molecule has 0 bridgehead atoms. The summed E-state index contributed by atoms with van der Waals surface area (Å²) in [6, 6.07) is 8.10. The summed E-state index contributed by atoms with van der Waals surface area (Å²) in [4.78, 5) is 11.8. The SMILES string of the molecule is COc1ccc(CCC2CCCCNC2=O)cc1. The van der Waals surface area contributed by atoms with Crippen LogP contribution in [-0.2, 0) is 11.2 Å². The van der Waals surface area contributed by atoms with Crippen molar-refractivity contribution in [1.82, 2.24) is 5.32 Å². The highest BCUT2D eigenvalue weighted by atomic mass is 16.5. The van der Waals surface area contributed by atoms with E-state index < -0.39 is 0 Å². The van der Waals surface area contributed by atoms with Crippen molar-refractivity contribution in [3.8, 4) is 5.75 Å². The maximum Gasteiger partial charge on any atom is 0.223 e. The van der Waals surface area contributed by atoms with Crippen LogP contribution in [-0.4, -0.2) is 19.6 Å². The minimum absolute atomic E-state index is 0.189. The molecule has 1 saturated heterocycles. The fourth-order valence-electron chi connectivity index (χ4n) is 2.41. The van der Waals surface area contributed by atoms with Crippen LogP contribution in [0.15, 0.2) is 24.3 Å². The number of methoxy groups -OCH3 is 1. The zero-order valence-corrected chi connectivity index (χ0v) is 10.9. The topological polar surface area (TPSA) is 38.3 Å². The first-order valence-electron chi connectivity index (χ1n) is 6.70. The van der Waals surface area contributed by atoms with E-state index in [0.29, 0.717) is 0 Å². The number of ether oxygens (including phenoxy) is 1. The molecule has 1 aliphatic heterocycles. The quantitative estimate of drug-likeness (QED) is 0.888. The summed E-state index contributed by atoms with van der Waals surface area (Å²) in [5.41, 5.74) is 1.27. The summed E-state index contributed by atoms with van der Waals surface area (Å²) in [6.07, 6.45) is 5.21. The minimum atomic E-state index is 0.189. The number of rotatable bonds is 4. The highest BCUT2D eigenvalue weighted by Crippen LogP contribution is 2.20. The Labute approximate surface area is 109 Å². The molecule has 1 N–H and O–H groups in total. The molecule has 1 fully saturated rings. The Morgan fingerprint density at radius 3 is 2.78 bits per heavy atom. The predicted octanol–water partition coefficient (Wildman–Crippen LogP) is 2.54. The van der Waals surface area contributed by atoms with E-state index in [-0.39, 0.29) is 11.8 Å². The lowest BCUT2D eigenvalue weighted by molar-refractivity contribution is -0.124. The molecule has 1 atom stereocenters. The van der Waals surface area contributed by atoms with E-state index in [1.54, 1.807) is 7.11 Å². The highest BCUT2D eigenvalue weighted by Gasteiger charge is 2.19. The van der Waals surface area contributed by atoms with Gasteiger partial charge in [-0.05, 0) is 43.4 Å². The number of aryl methyl sites for hydroxylation is 1. The molecule has 3 heteroatoms. The zero-order chi connectivity index (χ0) is 12.8. The molecule has 1 aromatic carbocycles. The fourth-order valence-corrected chi connectivity index (χ4v) is 2.41. The second-order valence-corrected chi connectivity index (χ2v) is 4.87. The molecule has 1 aromatic rings. The van der Waals surface area contributed by atoms with Crippen molar-refractivity contribution < 1.29 is 9.53 Å². The number of hydrogen-bond acceptors (Lipinski definition) is 2. The van der Waals surface area contributed by atoms with Crippen molar-refractivity contribution in [2.75, 3.05) is 13.7 Å². The van der Waals surface area contributed by atoms with Crippen LogP contribution in [0, 0.1) is 5.92 Å². The van der Waals surface area contributed by atoms with Crippen molar-refractivity contribution in [1.29, 1.82) is 0 Å². The van der Waals surface area contributed by atoms with Crippen molar-refractivity contribution in [3.63, 3.8) is 0 Å². The van der Waals surface area contributed by atoms with E-state index in [9.17, 15) is 4.79 Å². The average molecular weight is 247 g/mol. The van der Waals surface area contributed by atoms with Crippen molar-refractivity contribution in [3.05, 3.63) is 29.8 Å². The van der Waals surface area contributed by atoms with Gasteiger partial charge in [-0.3, -0.25) is 4.79 Å². The Hall–Kier alpha value is -1.51. The Morgan fingerprint density at radius 2 is 2.06 bits per heavy atom. The van der Waals surface area contributed by atoms with E-state index in [1.807, 2.05) is 12.1 Å². The summed E-state index contributed by atoms with van der Waals surface area (Å²) in [6.45, 7) is 0.845. The fraction of sp³-hybridized carbons (Fsp3) is 0.533. The van der Waals surface area contributed by atoms with E-state index >= 15 is 0 Å². The van der Waals surface area contributed by atoms with Gasteiger partial charge in [0.25, 0.3) is 0 Å². The van der Waals surface area contributed by atoms with Crippen LogP contribution in [0.3, 0.4) is 0 Å². The third kappa shape index (κ3) is 3.49. The number of amides is 1. The zero-order valence-electron chi connectivity index (χ0n) is 10.9. The van der Waals surface area contributed by atoms with E-state index in [0.717, 1.165) is 44.4 Å². The normalized spacial score (nSPS) is 20.1. The third-order valence-corrected chi connectivity index (χ3v) is 3.59. The first-order valence-corrected chi connectivity index (χ1v) is 6.70. The lowest BCUT2D eigenvalue weighted by Crippen LogP contribution is -2.29. The van der Waals surface area contributed by atoms with Gasteiger partial charge in [0.1, 0.15) is 5.75 Å². The van der Waals surface area contributed by atoms with Crippen LogP contribution in [0.5, 0.6) is 5.75 Å². The first kappa shape index (κ1) is 12.9. The maximum atomic E-state index is 11.8. The van der Waals surface area contributed by atoms with Gasteiger partial charge in [-0.1, -0.05) is 18.6 Å². The van der Waals surface area contributed by atoms with Crippen LogP contribution in [0.2, 0.25) is 0 Å². The number of carbonyl (C=O) groups excluding carboxylic acids is 1. The van der Waals surface area contributed by atoms with Gasteiger partial charge < -0.3 is 10.1 Å². The lowest BCUT2D eigenvalue weighted by atomic mass is 9.95. The van der Waals surface area contributed by atoms with Crippen LogP contribution < -0.4 is 10.1 Å². The summed E-state index contributed by atoms with van der Waals surface area (Å²) in [7, 11) is 1.67. The molecule has 0 aromatic heterocycles. The Bertz CT molecular complexity index is 386. The molecule has 1 unspecified atom stereocenters. The number of nitrogens with one attached hydrogen (secondary N) is 1. The second kappa shape index (κ2) is 6.43. The highest BCUT2D eigenvalue weighted by molar-refractivity contribution is 5.78. The van der Waals surface area contributed by atoms with Gasteiger partial charge in [0.2, 0.25) is 5.91 Å². The molecule has 18 heavy (non-hydrogen) atoms. The van der Waals surface area contributed by atoms with Crippen LogP contribution in [0.25, 0.3) is 0 Å². The van der Waals surface area contributed by atoms with E-state index in [2.05, 4.69) is 17.4 Å². The number of carbonyl (C=O) groups is 1. The van der Waals surface area contributed by atoms with E-state index in [4.69, 9.17) is 4.74 Å². The molecule has 1 heterocycles. The maximum absolute atomic E-state index is 11.8. The van der Waals surface area contributed by atoms with Crippen molar-refractivity contribution in [2.45, 2.75) is 32.1 Å². The van der Waals surface area contributed by atoms with E-state index in [1.165, 1.54) is 5.56 Å². The van der Waals surface area contributed by atoms with Crippen molar-refractivity contribution >= 4 is 5.91 Å². The minimum Gasteiger partial charge on any atom is -0.497 e. The van der Waals surface area contributed by atoms with Gasteiger partial charge in [0, 0.05) is 12.5 Å². The molecular weight excluding hydrogens is 226 g/mol. The summed E-state index contributed by atoms with van der Waals surface area (Å²) in [5.74, 6) is 1.31. The molecule has 1 amide bonds. The predicted molar refractivity (Wildman–Crippen MR) is 71.7 cm³/mol. The van der Waals surface area contributed by atoms with Gasteiger partial charge in [0.15, 0.2) is 0 Å². The molecular formula is C15H21NO2. The number of hydrogen-bond donors (Lipinski definition) is 1. The van der Waals surface area contributed by atoms with Crippen LogP contribution >= 0.6 is 0 Å². The summed E-state index contributed by atoms with van der Waals surface area (Å²) >= 11 is 0. The lowest BCUT2D eigenvalue weighted by Gasteiger charge is -2.12. The smallest absolute Gasteiger partial charge is 0.223 e. The summed E-state index contributed by atoms with van der Waals surface area (Å²) < 4.78 is 5.13. The molecule has 3 nitrogen and oxygen atoms in total. The summed E-state index contributed by atoms with van der Waals surface area (Å²) in [5, 5.41) is 2.99. The average Bonchev–Trinajstić information content (AvgIpc) is 2.62. The van der Waals surface area contributed by atoms with Gasteiger partial charge in [-0.15, -0.1) is 0 Å². The standard InChI is InChI=1S/C15H21NO2/c1-18-14-9-6-12(7-10-14)5-8-13-4-2-3-11-16-15(13)17/h6-7,9-10,13H,2-5,8,11H2,1H3,(H,16,17). The largest absolute Gasteiger partial charge is 0.497 e. The first-order chi connectivity index (χ1) is 8.79. The molecule has 0 radical (unpaired) electrons.